The second kappa shape index (κ2) is 4.65. The molecule has 88 valence electrons. The number of ether oxygens (including phenoxy) is 1. The zero-order chi connectivity index (χ0) is 12.3. The van der Waals surface area contributed by atoms with Gasteiger partial charge in [-0.3, -0.25) is 0 Å². The smallest absolute Gasteiger partial charge is 0.454 e. The molecule has 0 heterocycles. The van der Waals surface area contributed by atoms with Gasteiger partial charge in [-0.05, 0) is 0 Å². The van der Waals surface area contributed by atoms with Crippen molar-refractivity contribution in [2.75, 3.05) is 34.3 Å². The Morgan fingerprint density at radius 3 is 2.13 bits per heavy atom. The molecule has 0 saturated carbocycles. The summed E-state index contributed by atoms with van der Waals surface area (Å²) in [4.78, 5) is 10.3. The van der Waals surface area contributed by atoms with Gasteiger partial charge >= 0.3 is 12.1 Å². The molecule has 0 radical (unpaired) electrons. The Bertz CT molecular complexity index is 253. The van der Waals surface area contributed by atoms with Crippen LogP contribution in [-0.2, 0) is 9.53 Å². The molecule has 0 aromatic heterocycles. The Morgan fingerprint density at radius 1 is 1.33 bits per heavy atom. The van der Waals surface area contributed by atoms with Crippen molar-refractivity contribution in [1.82, 2.24) is 0 Å². The highest BCUT2D eigenvalue weighted by Gasteiger charge is 2.40. The summed E-state index contributed by atoms with van der Waals surface area (Å²) in [6, 6.07) is 0. The summed E-state index contributed by atoms with van der Waals surface area (Å²) in [7, 11) is 5.57. The van der Waals surface area contributed by atoms with Gasteiger partial charge in [0.1, 0.15) is 13.2 Å². The van der Waals surface area contributed by atoms with Crippen molar-refractivity contribution in [1.29, 1.82) is 0 Å². The first-order valence-electron chi connectivity index (χ1n) is 4.23. The average Bonchev–Trinajstić information content (AvgIpc) is 1.94. The van der Waals surface area contributed by atoms with Gasteiger partial charge in [-0.25, -0.2) is 4.79 Å². The van der Waals surface area contributed by atoms with Crippen LogP contribution in [0.2, 0.25) is 0 Å². The molecule has 0 aromatic carbocycles. The highest BCUT2D eigenvalue weighted by atomic mass is 19.4. The van der Waals surface area contributed by atoms with Crippen molar-refractivity contribution in [2.45, 2.75) is 6.18 Å². The van der Waals surface area contributed by atoms with Crippen molar-refractivity contribution < 1.29 is 27.2 Å². The van der Waals surface area contributed by atoms with Gasteiger partial charge in [0.05, 0.1) is 21.1 Å². The lowest BCUT2D eigenvalue weighted by Crippen LogP contribution is -2.37. The van der Waals surface area contributed by atoms with Gasteiger partial charge in [-0.2, -0.15) is 13.2 Å². The zero-order valence-electron chi connectivity index (χ0n) is 9.02. The fourth-order valence-corrected chi connectivity index (χ4v) is 0.966. The van der Waals surface area contributed by atoms with E-state index in [-0.39, 0.29) is 0 Å². The quantitative estimate of drug-likeness (QED) is 0.411. The minimum atomic E-state index is -4.93. The van der Waals surface area contributed by atoms with E-state index in [0.717, 1.165) is 0 Å². The highest BCUT2D eigenvalue weighted by Crippen LogP contribution is 2.16. The predicted molar refractivity (Wildman–Crippen MR) is 49.1 cm³/mol. The van der Waals surface area contributed by atoms with Crippen LogP contribution in [0.15, 0.2) is 12.2 Å². The van der Waals surface area contributed by atoms with Crippen LogP contribution >= 0.6 is 0 Å². The Kier molecular flexibility index (Phi) is 4.33. The predicted octanol–water partition coefficient (Wildman–Crippen LogP) is 1.35. The molecule has 3 nitrogen and oxygen atoms in total. The largest absolute Gasteiger partial charge is 0.490 e. The van der Waals surface area contributed by atoms with Gasteiger partial charge in [-0.15, -0.1) is 0 Å². The van der Waals surface area contributed by atoms with Crippen molar-refractivity contribution in [2.24, 2.45) is 0 Å². The van der Waals surface area contributed by atoms with E-state index in [1.165, 1.54) is 0 Å². The van der Waals surface area contributed by atoms with E-state index in [1.807, 2.05) is 21.1 Å². The Morgan fingerprint density at radius 2 is 1.80 bits per heavy atom. The summed E-state index contributed by atoms with van der Waals surface area (Å²) < 4.78 is 39.7. The molecule has 0 aliphatic rings. The van der Waals surface area contributed by atoms with Crippen LogP contribution in [0.5, 0.6) is 0 Å². The summed E-state index contributed by atoms with van der Waals surface area (Å²) in [5.74, 6) is -2.18. The molecule has 0 aliphatic heterocycles. The summed E-state index contributed by atoms with van der Waals surface area (Å²) in [5, 5.41) is 0. The first-order chi connectivity index (χ1) is 6.52. The van der Waals surface area contributed by atoms with Crippen LogP contribution < -0.4 is 0 Å². The molecule has 0 unspecified atom stereocenters. The van der Waals surface area contributed by atoms with Gasteiger partial charge in [-0.1, -0.05) is 6.58 Å². The number of quaternary nitrogens is 1. The third kappa shape index (κ3) is 6.96. The van der Waals surface area contributed by atoms with Crippen LogP contribution in [-0.4, -0.2) is 50.9 Å². The van der Waals surface area contributed by atoms with E-state index in [4.69, 9.17) is 0 Å². The minimum Gasteiger partial charge on any atom is -0.454 e. The molecule has 0 saturated heterocycles. The SMILES string of the molecule is C=C(COC(=O)C(F)(F)F)C[N+](C)(C)C. The van der Waals surface area contributed by atoms with Gasteiger partial charge in [0.15, 0.2) is 0 Å². The van der Waals surface area contributed by atoms with Gasteiger partial charge in [0.25, 0.3) is 0 Å². The van der Waals surface area contributed by atoms with E-state index >= 15 is 0 Å². The first kappa shape index (κ1) is 14.0. The molecular weight excluding hydrogens is 211 g/mol. The van der Waals surface area contributed by atoms with Gasteiger partial charge < -0.3 is 9.22 Å². The van der Waals surface area contributed by atoms with Crippen LogP contribution in [0.25, 0.3) is 0 Å². The molecule has 0 amide bonds. The number of hydrogen-bond donors (Lipinski definition) is 0. The maximum absolute atomic E-state index is 11.7. The first-order valence-corrected chi connectivity index (χ1v) is 4.23. The molecule has 0 atom stereocenters. The number of halogens is 3. The van der Waals surface area contributed by atoms with E-state index in [2.05, 4.69) is 11.3 Å². The molecule has 6 heteroatoms. The van der Waals surface area contributed by atoms with Crippen molar-refractivity contribution >= 4 is 5.97 Å². The highest BCUT2D eigenvalue weighted by molar-refractivity contribution is 5.75. The molecule has 0 spiro atoms. The third-order valence-electron chi connectivity index (χ3n) is 1.34. The van der Waals surface area contributed by atoms with Crippen molar-refractivity contribution in [3.05, 3.63) is 12.2 Å². The van der Waals surface area contributed by atoms with E-state index < -0.39 is 18.8 Å². The lowest BCUT2D eigenvalue weighted by molar-refractivity contribution is -0.865. The monoisotopic (exact) mass is 226 g/mol. The summed E-state index contributed by atoms with van der Waals surface area (Å²) in [6.45, 7) is 3.59. The number of nitrogens with zero attached hydrogens (tertiary/aromatic N) is 1. The Balaban J connectivity index is 3.98. The standard InChI is InChI=1S/C9H15F3NO2/c1-7(5-13(2,3)4)6-15-8(14)9(10,11)12/h1,5-6H2,2-4H3/q+1. The topological polar surface area (TPSA) is 26.3 Å². The Labute approximate surface area is 86.7 Å². The number of carbonyl (C=O) groups excluding carboxylic acids is 1. The number of hydrogen-bond acceptors (Lipinski definition) is 2. The van der Waals surface area contributed by atoms with Crippen molar-refractivity contribution in [3.8, 4) is 0 Å². The molecule has 15 heavy (non-hydrogen) atoms. The molecule has 0 fully saturated rings. The zero-order valence-corrected chi connectivity index (χ0v) is 9.02. The van der Waals surface area contributed by atoms with E-state index in [1.54, 1.807) is 0 Å². The molecule has 0 rings (SSSR count). The lowest BCUT2D eigenvalue weighted by atomic mass is 10.3. The molecule has 0 N–H and O–H groups in total. The Hall–Kier alpha value is -1.04. The van der Waals surface area contributed by atoms with E-state index in [0.29, 0.717) is 16.6 Å². The molecule has 0 aromatic rings. The normalized spacial score (nSPS) is 12.4. The van der Waals surface area contributed by atoms with Crippen LogP contribution in [0.1, 0.15) is 0 Å². The maximum atomic E-state index is 11.7. The summed E-state index contributed by atoms with van der Waals surface area (Å²) >= 11 is 0. The second-order valence-corrected chi connectivity index (χ2v) is 4.27. The average molecular weight is 226 g/mol. The number of likely N-dealkylation sites (N-methyl/N-ethyl adjacent to an activating group) is 1. The number of alkyl halides is 3. The fourth-order valence-electron chi connectivity index (χ4n) is 0.966. The second-order valence-electron chi connectivity index (χ2n) is 4.27. The van der Waals surface area contributed by atoms with Crippen LogP contribution in [0, 0.1) is 0 Å². The van der Waals surface area contributed by atoms with Crippen LogP contribution in [0.3, 0.4) is 0 Å². The van der Waals surface area contributed by atoms with Gasteiger partial charge in [0.2, 0.25) is 0 Å². The third-order valence-corrected chi connectivity index (χ3v) is 1.34. The summed E-state index contributed by atoms with van der Waals surface area (Å²) in [6.07, 6.45) is -4.93. The summed E-state index contributed by atoms with van der Waals surface area (Å²) in [5.41, 5.74) is 0.445. The molecular formula is C9H15F3NO2+. The maximum Gasteiger partial charge on any atom is 0.490 e. The number of rotatable bonds is 4. The number of esters is 1. The van der Waals surface area contributed by atoms with Crippen molar-refractivity contribution in [3.63, 3.8) is 0 Å². The molecule has 0 aliphatic carbocycles. The van der Waals surface area contributed by atoms with E-state index in [9.17, 15) is 18.0 Å². The minimum absolute atomic E-state index is 0.395. The van der Waals surface area contributed by atoms with Crippen LogP contribution in [0.4, 0.5) is 13.2 Å². The fraction of sp³-hybridized carbons (Fsp3) is 0.667. The number of carbonyl (C=O) groups is 1. The lowest BCUT2D eigenvalue weighted by Gasteiger charge is -2.24. The van der Waals surface area contributed by atoms with Gasteiger partial charge in [0, 0.05) is 5.57 Å². The molecule has 0 bridgehead atoms.